The molecule has 0 unspecified atom stereocenters. The molecule has 3 rings (SSSR count). The van der Waals surface area contributed by atoms with E-state index in [0.29, 0.717) is 6.54 Å². The SMILES string of the molecule is NC[C@H]1[C@@H](c2ccccc2)[C@@H](C(=O)O)[C@@H]1c1ccccc1. The Morgan fingerprint density at radius 3 is 1.67 bits per heavy atom. The first-order valence-electron chi connectivity index (χ1n) is 7.26. The number of benzene rings is 2. The van der Waals surface area contributed by atoms with Crippen LogP contribution in [-0.2, 0) is 4.79 Å². The Labute approximate surface area is 124 Å². The summed E-state index contributed by atoms with van der Waals surface area (Å²) in [6.07, 6.45) is 0. The van der Waals surface area contributed by atoms with Crippen molar-refractivity contribution in [3.63, 3.8) is 0 Å². The molecule has 1 fully saturated rings. The van der Waals surface area contributed by atoms with Gasteiger partial charge in [-0.1, -0.05) is 60.7 Å². The van der Waals surface area contributed by atoms with Crippen molar-refractivity contribution in [1.29, 1.82) is 0 Å². The van der Waals surface area contributed by atoms with Crippen LogP contribution in [0.2, 0.25) is 0 Å². The smallest absolute Gasteiger partial charge is 0.307 e. The Hall–Kier alpha value is -2.13. The summed E-state index contributed by atoms with van der Waals surface area (Å²) in [5, 5.41) is 9.67. The van der Waals surface area contributed by atoms with E-state index < -0.39 is 11.9 Å². The van der Waals surface area contributed by atoms with Crippen molar-refractivity contribution in [2.75, 3.05) is 6.54 Å². The summed E-state index contributed by atoms with van der Waals surface area (Å²) in [5.41, 5.74) is 8.11. The number of carboxylic acid groups (broad SMARTS) is 1. The molecule has 1 saturated carbocycles. The van der Waals surface area contributed by atoms with Crippen molar-refractivity contribution in [3.05, 3.63) is 71.8 Å². The van der Waals surface area contributed by atoms with Crippen LogP contribution in [0.1, 0.15) is 23.0 Å². The zero-order valence-electron chi connectivity index (χ0n) is 11.7. The molecule has 0 aromatic heterocycles. The van der Waals surface area contributed by atoms with Gasteiger partial charge in [-0.05, 0) is 23.6 Å². The van der Waals surface area contributed by atoms with Crippen molar-refractivity contribution < 1.29 is 9.90 Å². The minimum absolute atomic E-state index is 0.00101. The van der Waals surface area contributed by atoms with Crippen LogP contribution in [0.25, 0.3) is 0 Å². The molecule has 0 amide bonds. The lowest BCUT2D eigenvalue weighted by Crippen LogP contribution is -2.50. The third-order valence-corrected chi connectivity index (χ3v) is 4.62. The molecule has 3 nitrogen and oxygen atoms in total. The van der Waals surface area contributed by atoms with Gasteiger partial charge in [0.2, 0.25) is 0 Å². The van der Waals surface area contributed by atoms with Crippen molar-refractivity contribution in [2.24, 2.45) is 17.6 Å². The van der Waals surface area contributed by atoms with E-state index in [4.69, 9.17) is 5.73 Å². The number of carboxylic acids is 1. The summed E-state index contributed by atoms with van der Waals surface area (Å²) in [5.74, 6) is -0.959. The lowest BCUT2D eigenvalue weighted by atomic mass is 9.52. The number of carbonyl (C=O) groups is 1. The van der Waals surface area contributed by atoms with E-state index in [0.717, 1.165) is 11.1 Å². The fourth-order valence-corrected chi connectivity index (χ4v) is 3.69. The summed E-state index contributed by atoms with van der Waals surface area (Å²) in [6, 6.07) is 19.7. The lowest BCUT2D eigenvalue weighted by Gasteiger charge is -2.50. The minimum atomic E-state index is -0.734. The predicted molar refractivity (Wildman–Crippen MR) is 82.0 cm³/mol. The number of rotatable bonds is 4. The molecular formula is C18H19NO2. The molecular weight excluding hydrogens is 262 g/mol. The van der Waals surface area contributed by atoms with Gasteiger partial charge >= 0.3 is 5.97 Å². The summed E-state index contributed by atoms with van der Waals surface area (Å²) in [4.78, 5) is 11.8. The monoisotopic (exact) mass is 281 g/mol. The Morgan fingerprint density at radius 1 is 0.905 bits per heavy atom. The van der Waals surface area contributed by atoms with Crippen molar-refractivity contribution >= 4 is 5.97 Å². The van der Waals surface area contributed by atoms with E-state index >= 15 is 0 Å². The molecule has 0 bridgehead atoms. The van der Waals surface area contributed by atoms with Gasteiger partial charge in [0, 0.05) is 11.8 Å². The Morgan fingerprint density at radius 2 is 1.33 bits per heavy atom. The van der Waals surface area contributed by atoms with Crippen LogP contribution >= 0.6 is 0 Å². The second kappa shape index (κ2) is 5.70. The maximum absolute atomic E-state index is 11.8. The summed E-state index contributed by atoms with van der Waals surface area (Å²) in [7, 11) is 0. The quantitative estimate of drug-likeness (QED) is 0.905. The fraction of sp³-hybridized carbons (Fsp3) is 0.278. The van der Waals surface area contributed by atoms with Gasteiger partial charge in [0.1, 0.15) is 0 Å². The van der Waals surface area contributed by atoms with Crippen LogP contribution in [0.4, 0.5) is 0 Å². The molecule has 2 aromatic rings. The highest BCUT2D eigenvalue weighted by molar-refractivity contribution is 5.75. The summed E-state index contributed by atoms with van der Waals surface area (Å²) < 4.78 is 0. The highest BCUT2D eigenvalue weighted by atomic mass is 16.4. The number of hydrogen-bond donors (Lipinski definition) is 2. The average Bonchev–Trinajstić information content (AvgIpc) is 2.48. The van der Waals surface area contributed by atoms with Crippen molar-refractivity contribution in [1.82, 2.24) is 0 Å². The van der Waals surface area contributed by atoms with Crippen LogP contribution in [0.3, 0.4) is 0 Å². The van der Waals surface area contributed by atoms with Crippen molar-refractivity contribution in [2.45, 2.75) is 11.8 Å². The van der Waals surface area contributed by atoms with Gasteiger partial charge < -0.3 is 10.8 Å². The van der Waals surface area contributed by atoms with E-state index in [1.54, 1.807) is 0 Å². The number of nitrogens with two attached hydrogens (primary N) is 1. The van der Waals surface area contributed by atoms with E-state index in [9.17, 15) is 9.90 Å². The molecule has 1 aliphatic carbocycles. The molecule has 2 aromatic carbocycles. The Bertz CT molecular complexity index is 564. The van der Waals surface area contributed by atoms with Gasteiger partial charge in [0.15, 0.2) is 0 Å². The van der Waals surface area contributed by atoms with Crippen molar-refractivity contribution in [3.8, 4) is 0 Å². The normalized spacial score (nSPS) is 27.9. The molecule has 108 valence electrons. The summed E-state index contributed by atoms with van der Waals surface area (Å²) >= 11 is 0. The first kappa shape index (κ1) is 13.8. The lowest BCUT2D eigenvalue weighted by molar-refractivity contribution is -0.149. The van der Waals surface area contributed by atoms with E-state index in [2.05, 4.69) is 0 Å². The zero-order chi connectivity index (χ0) is 14.8. The zero-order valence-corrected chi connectivity index (χ0v) is 11.7. The van der Waals surface area contributed by atoms with Gasteiger partial charge in [-0.15, -0.1) is 0 Å². The number of aliphatic carboxylic acids is 1. The third-order valence-electron chi connectivity index (χ3n) is 4.62. The van der Waals surface area contributed by atoms with Crippen LogP contribution in [0, 0.1) is 11.8 Å². The van der Waals surface area contributed by atoms with E-state index in [-0.39, 0.29) is 17.8 Å². The molecule has 3 N–H and O–H groups in total. The second-order valence-corrected chi connectivity index (χ2v) is 5.64. The summed E-state index contributed by atoms with van der Waals surface area (Å²) in [6.45, 7) is 0.503. The van der Waals surface area contributed by atoms with E-state index in [1.165, 1.54) is 0 Å². The van der Waals surface area contributed by atoms with Gasteiger partial charge in [-0.2, -0.15) is 0 Å². The molecule has 3 heteroatoms. The molecule has 0 spiro atoms. The third kappa shape index (κ3) is 2.34. The van der Waals surface area contributed by atoms with Crippen LogP contribution < -0.4 is 5.73 Å². The van der Waals surface area contributed by atoms with E-state index in [1.807, 2.05) is 60.7 Å². The maximum Gasteiger partial charge on any atom is 0.307 e. The average molecular weight is 281 g/mol. The topological polar surface area (TPSA) is 63.3 Å². The Balaban J connectivity index is 1.98. The fourth-order valence-electron chi connectivity index (χ4n) is 3.69. The highest BCUT2D eigenvalue weighted by Crippen LogP contribution is 2.56. The van der Waals surface area contributed by atoms with Gasteiger partial charge in [-0.25, -0.2) is 0 Å². The number of hydrogen-bond acceptors (Lipinski definition) is 2. The standard InChI is InChI=1S/C18H19NO2/c19-11-14-15(12-7-3-1-4-8-12)17(18(20)21)16(14)13-9-5-2-6-10-13/h1-10,14-17H,11,19H2,(H,20,21)/t14-,15-,16-,17+/m1/s1. The van der Waals surface area contributed by atoms with Crippen LogP contribution in [-0.4, -0.2) is 17.6 Å². The molecule has 0 heterocycles. The first-order valence-corrected chi connectivity index (χ1v) is 7.26. The molecule has 21 heavy (non-hydrogen) atoms. The maximum atomic E-state index is 11.8. The molecule has 0 radical (unpaired) electrons. The molecule has 0 aliphatic heterocycles. The highest BCUT2D eigenvalue weighted by Gasteiger charge is 2.54. The van der Waals surface area contributed by atoms with Crippen LogP contribution in [0.15, 0.2) is 60.7 Å². The largest absolute Gasteiger partial charge is 0.481 e. The molecule has 2 atom stereocenters. The second-order valence-electron chi connectivity index (χ2n) is 5.64. The molecule has 1 aliphatic rings. The van der Waals surface area contributed by atoms with Crippen LogP contribution in [0.5, 0.6) is 0 Å². The minimum Gasteiger partial charge on any atom is -0.481 e. The van der Waals surface area contributed by atoms with Gasteiger partial charge in [0.25, 0.3) is 0 Å². The van der Waals surface area contributed by atoms with Gasteiger partial charge in [-0.3, -0.25) is 4.79 Å². The predicted octanol–water partition coefficient (Wildman–Crippen LogP) is 2.84. The van der Waals surface area contributed by atoms with Gasteiger partial charge in [0.05, 0.1) is 5.92 Å². The first-order chi connectivity index (χ1) is 10.2. The Kier molecular flexibility index (Phi) is 3.76. The molecule has 0 saturated heterocycles.